The monoisotopic (exact) mass is 411 g/mol. The standard InChI is InChI=1S/C22H26ClN5O/c23-22-24-20(27-9-6-18(7-10-27)26-12-14-29-15-13-26)19-8-11-28(21(19)25-22)16-17-4-2-1-3-5-17/h1-5,8,11,18H,6-7,9-10,12-16H2. The third-order valence-corrected chi connectivity index (χ3v) is 6.26. The van der Waals surface area contributed by atoms with Crippen molar-refractivity contribution in [1.82, 2.24) is 19.4 Å². The smallest absolute Gasteiger partial charge is 0.226 e. The van der Waals surface area contributed by atoms with Crippen LogP contribution in [-0.4, -0.2) is 64.9 Å². The molecular weight excluding hydrogens is 386 g/mol. The number of rotatable bonds is 4. The molecule has 0 saturated carbocycles. The van der Waals surface area contributed by atoms with Gasteiger partial charge in [0.25, 0.3) is 0 Å². The van der Waals surface area contributed by atoms with Crippen molar-refractivity contribution in [3.63, 3.8) is 0 Å². The van der Waals surface area contributed by atoms with E-state index in [4.69, 9.17) is 16.3 Å². The highest BCUT2D eigenvalue weighted by molar-refractivity contribution is 6.28. The van der Waals surface area contributed by atoms with E-state index in [0.717, 1.165) is 75.6 Å². The van der Waals surface area contributed by atoms with E-state index in [1.54, 1.807) is 0 Å². The molecule has 0 N–H and O–H groups in total. The van der Waals surface area contributed by atoms with Gasteiger partial charge in [-0.3, -0.25) is 4.90 Å². The van der Waals surface area contributed by atoms with Crippen molar-refractivity contribution in [2.24, 2.45) is 0 Å². The first-order valence-electron chi connectivity index (χ1n) is 10.4. The SMILES string of the molecule is Clc1nc(N2CCC(N3CCOCC3)CC2)c2ccn(Cc3ccccc3)c2n1. The molecule has 1 aromatic carbocycles. The second kappa shape index (κ2) is 8.30. The Morgan fingerprint density at radius 3 is 2.48 bits per heavy atom. The summed E-state index contributed by atoms with van der Waals surface area (Å²) in [6, 6.07) is 13.2. The molecule has 0 radical (unpaired) electrons. The van der Waals surface area contributed by atoms with Crippen LogP contribution >= 0.6 is 11.6 Å². The fourth-order valence-corrected chi connectivity index (χ4v) is 4.72. The molecule has 0 bridgehead atoms. The second-order valence-electron chi connectivity index (χ2n) is 7.85. The molecule has 2 aliphatic heterocycles. The van der Waals surface area contributed by atoms with Crippen LogP contribution in [0.5, 0.6) is 0 Å². The number of fused-ring (bicyclic) bond motifs is 1. The predicted molar refractivity (Wildman–Crippen MR) is 116 cm³/mol. The van der Waals surface area contributed by atoms with Gasteiger partial charge >= 0.3 is 0 Å². The van der Waals surface area contributed by atoms with Crippen LogP contribution in [0.15, 0.2) is 42.6 Å². The molecule has 2 fully saturated rings. The molecule has 0 amide bonds. The summed E-state index contributed by atoms with van der Waals surface area (Å²) in [5, 5.41) is 1.39. The lowest BCUT2D eigenvalue weighted by atomic mass is 10.0. The Morgan fingerprint density at radius 2 is 1.72 bits per heavy atom. The zero-order valence-corrected chi connectivity index (χ0v) is 17.3. The lowest BCUT2D eigenvalue weighted by molar-refractivity contribution is 0.0115. The Balaban J connectivity index is 1.36. The van der Waals surface area contributed by atoms with Crippen molar-refractivity contribution in [2.75, 3.05) is 44.3 Å². The summed E-state index contributed by atoms with van der Waals surface area (Å²) in [5.74, 6) is 0.965. The fourth-order valence-electron chi connectivity index (χ4n) is 4.56. The summed E-state index contributed by atoms with van der Waals surface area (Å²) in [6.07, 6.45) is 4.38. The van der Waals surface area contributed by atoms with E-state index in [1.165, 1.54) is 5.56 Å². The van der Waals surface area contributed by atoms with Gasteiger partial charge < -0.3 is 14.2 Å². The topological polar surface area (TPSA) is 46.4 Å². The van der Waals surface area contributed by atoms with Crippen LogP contribution in [0, 0.1) is 0 Å². The zero-order chi connectivity index (χ0) is 19.6. The summed E-state index contributed by atoms with van der Waals surface area (Å²) < 4.78 is 7.66. The van der Waals surface area contributed by atoms with Gasteiger partial charge in [-0.15, -0.1) is 0 Å². The average molecular weight is 412 g/mol. The van der Waals surface area contributed by atoms with E-state index >= 15 is 0 Å². The third-order valence-electron chi connectivity index (χ3n) is 6.09. The van der Waals surface area contributed by atoms with Crippen molar-refractivity contribution >= 4 is 28.5 Å². The number of ether oxygens (including phenoxy) is 1. The van der Waals surface area contributed by atoms with Crippen molar-refractivity contribution in [1.29, 1.82) is 0 Å². The first-order valence-corrected chi connectivity index (χ1v) is 10.8. The van der Waals surface area contributed by atoms with Gasteiger partial charge in [0.2, 0.25) is 5.28 Å². The number of anilines is 1. The molecule has 0 atom stereocenters. The highest BCUT2D eigenvalue weighted by Gasteiger charge is 2.27. The molecule has 0 unspecified atom stereocenters. The highest BCUT2D eigenvalue weighted by Crippen LogP contribution is 2.30. The number of nitrogens with zero attached hydrogens (tertiary/aromatic N) is 5. The van der Waals surface area contributed by atoms with Crippen LogP contribution in [0.25, 0.3) is 11.0 Å². The molecule has 0 aliphatic carbocycles. The van der Waals surface area contributed by atoms with Gasteiger partial charge in [-0.05, 0) is 36.1 Å². The van der Waals surface area contributed by atoms with E-state index in [2.05, 4.69) is 60.9 Å². The lowest BCUT2D eigenvalue weighted by Crippen LogP contribution is -2.49. The zero-order valence-electron chi connectivity index (χ0n) is 16.5. The Bertz CT molecular complexity index is 962. The molecule has 2 aliphatic rings. The van der Waals surface area contributed by atoms with Crippen molar-refractivity contribution < 1.29 is 4.74 Å². The summed E-state index contributed by atoms with van der Waals surface area (Å²) in [5.41, 5.74) is 2.15. The summed E-state index contributed by atoms with van der Waals surface area (Å²) in [7, 11) is 0. The number of piperidine rings is 1. The summed E-state index contributed by atoms with van der Waals surface area (Å²) >= 11 is 6.34. The minimum Gasteiger partial charge on any atom is -0.379 e. The third kappa shape index (κ3) is 3.97. The van der Waals surface area contributed by atoms with Gasteiger partial charge in [0.05, 0.1) is 18.6 Å². The number of aromatic nitrogens is 3. The van der Waals surface area contributed by atoms with Crippen LogP contribution in [0.3, 0.4) is 0 Å². The summed E-state index contributed by atoms with van der Waals surface area (Å²) in [6.45, 7) is 6.58. The number of benzene rings is 1. The van der Waals surface area contributed by atoms with Crippen molar-refractivity contribution in [3.8, 4) is 0 Å². The molecule has 29 heavy (non-hydrogen) atoms. The normalized spacial score (nSPS) is 19.1. The number of hydrogen-bond donors (Lipinski definition) is 0. The first-order chi connectivity index (χ1) is 14.3. The van der Waals surface area contributed by atoms with E-state index in [9.17, 15) is 0 Å². The second-order valence-corrected chi connectivity index (χ2v) is 8.19. The molecule has 5 rings (SSSR count). The number of morpholine rings is 1. The number of halogens is 1. The van der Waals surface area contributed by atoms with Gasteiger partial charge in [0, 0.05) is 45.0 Å². The van der Waals surface area contributed by atoms with Crippen LogP contribution in [0.2, 0.25) is 5.28 Å². The van der Waals surface area contributed by atoms with Gasteiger partial charge in [0.15, 0.2) is 0 Å². The average Bonchev–Trinajstić information content (AvgIpc) is 3.17. The largest absolute Gasteiger partial charge is 0.379 e. The maximum Gasteiger partial charge on any atom is 0.226 e. The molecule has 2 saturated heterocycles. The molecule has 7 heteroatoms. The molecule has 2 aromatic heterocycles. The van der Waals surface area contributed by atoms with E-state index in [0.29, 0.717) is 11.3 Å². The number of hydrogen-bond acceptors (Lipinski definition) is 5. The molecule has 3 aromatic rings. The Kier molecular flexibility index (Phi) is 5.40. The van der Waals surface area contributed by atoms with Gasteiger partial charge in [-0.2, -0.15) is 9.97 Å². The van der Waals surface area contributed by atoms with Crippen LogP contribution in [0.4, 0.5) is 5.82 Å². The quantitative estimate of drug-likeness (QED) is 0.615. The predicted octanol–water partition coefficient (Wildman–Crippen LogP) is 3.43. The maximum atomic E-state index is 6.34. The Morgan fingerprint density at radius 1 is 0.966 bits per heavy atom. The van der Waals surface area contributed by atoms with E-state index in [-0.39, 0.29) is 0 Å². The van der Waals surface area contributed by atoms with Gasteiger partial charge in [0.1, 0.15) is 11.5 Å². The van der Waals surface area contributed by atoms with Crippen molar-refractivity contribution in [3.05, 3.63) is 53.4 Å². The minimum atomic E-state index is 0.316. The lowest BCUT2D eigenvalue weighted by Gasteiger charge is -2.40. The Labute approximate surface area is 176 Å². The van der Waals surface area contributed by atoms with Gasteiger partial charge in [-0.1, -0.05) is 30.3 Å². The van der Waals surface area contributed by atoms with Crippen LogP contribution in [-0.2, 0) is 11.3 Å². The van der Waals surface area contributed by atoms with Crippen LogP contribution < -0.4 is 4.90 Å². The Hall–Kier alpha value is -2.15. The molecule has 6 nitrogen and oxygen atoms in total. The minimum absolute atomic E-state index is 0.316. The first kappa shape index (κ1) is 18.9. The molecule has 0 spiro atoms. The van der Waals surface area contributed by atoms with E-state index in [1.807, 2.05) is 6.07 Å². The van der Waals surface area contributed by atoms with Crippen molar-refractivity contribution in [2.45, 2.75) is 25.4 Å². The molecule has 152 valence electrons. The van der Waals surface area contributed by atoms with Gasteiger partial charge in [-0.25, -0.2) is 0 Å². The maximum absolute atomic E-state index is 6.34. The summed E-state index contributed by atoms with van der Waals surface area (Å²) in [4.78, 5) is 14.1. The fraction of sp³-hybridized carbons (Fsp3) is 0.455. The molecule has 4 heterocycles. The van der Waals surface area contributed by atoms with E-state index < -0.39 is 0 Å². The molecular formula is C22H26ClN5O. The van der Waals surface area contributed by atoms with Crippen LogP contribution in [0.1, 0.15) is 18.4 Å². The highest BCUT2D eigenvalue weighted by atomic mass is 35.5.